The summed E-state index contributed by atoms with van der Waals surface area (Å²) in [6.07, 6.45) is -0.382. The minimum atomic E-state index is -1.11. The fraction of sp³-hybridized carbons (Fsp3) is 0.364. The van der Waals surface area contributed by atoms with Crippen molar-refractivity contribution < 1.29 is 14.6 Å². The first-order chi connectivity index (χ1) is 7.57. The van der Waals surface area contributed by atoms with E-state index in [0.717, 1.165) is 6.42 Å². The van der Waals surface area contributed by atoms with Gasteiger partial charge in [-0.15, -0.1) is 0 Å². The van der Waals surface area contributed by atoms with Crippen molar-refractivity contribution in [2.24, 2.45) is 0 Å². The molecule has 1 atom stereocenters. The third kappa shape index (κ3) is 3.11. The van der Waals surface area contributed by atoms with Gasteiger partial charge in [-0.3, -0.25) is 0 Å². The van der Waals surface area contributed by atoms with E-state index in [1.165, 1.54) is 0 Å². The number of hydrogen-bond donors (Lipinski definition) is 1. The summed E-state index contributed by atoms with van der Waals surface area (Å²) in [5, 5.41) is 9.66. The average Bonchev–Trinajstić information content (AvgIpc) is 2.21. The summed E-state index contributed by atoms with van der Waals surface area (Å²) in [6.45, 7) is 2.24. The molecule has 1 rings (SSSR count). The summed E-state index contributed by atoms with van der Waals surface area (Å²) < 4.78 is 5.23. The highest BCUT2D eigenvalue weighted by Crippen LogP contribution is 2.32. The van der Waals surface area contributed by atoms with Crippen LogP contribution < -0.4 is 0 Å². The number of ether oxygens (including phenoxy) is 1. The minimum Gasteiger partial charge on any atom is -0.479 e. The standard InChI is InChI=1S/C11H12Cl2O3/c1-2-6-16-10(11(14)15)9-7(12)4-3-5-8(9)13/h3-5,10H,2,6H2,1H3,(H,14,15). The second kappa shape index (κ2) is 6.09. The Kier molecular flexibility index (Phi) is 5.06. The van der Waals surface area contributed by atoms with E-state index in [2.05, 4.69) is 0 Å². The molecule has 0 aliphatic heterocycles. The van der Waals surface area contributed by atoms with Crippen molar-refractivity contribution in [2.75, 3.05) is 6.61 Å². The summed E-state index contributed by atoms with van der Waals surface area (Å²) in [5.41, 5.74) is 0.312. The lowest BCUT2D eigenvalue weighted by Gasteiger charge is -2.16. The Morgan fingerprint density at radius 1 is 1.44 bits per heavy atom. The van der Waals surface area contributed by atoms with Gasteiger partial charge in [0, 0.05) is 22.2 Å². The van der Waals surface area contributed by atoms with Gasteiger partial charge < -0.3 is 9.84 Å². The minimum absolute atomic E-state index is 0.302. The van der Waals surface area contributed by atoms with Crippen LogP contribution in [0.3, 0.4) is 0 Å². The number of carboxylic acids is 1. The van der Waals surface area contributed by atoms with Gasteiger partial charge in [0.2, 0.25) is 0 Å². The van der Waals surface area contributed by atoms with Crippen LogP contribution in [-0.2, 0) is 9.53 Å². The third-order valence-electron chi connectivity index (χ3n) is 1.97. The van der Waals surface area contributed by atoms with E-state index in [1.54, 1.807) is 18.2 Å². The Balaban J connectivity index is 3.05. The predicted molar refractivity (Wildman–Crippen MR) is 63.1 cm³/mol. The SMILES string of the molecule is CCCOC(C(=O)O)c1c(Cl)cccc1Cl. The van der Waals surface area contributed by atoms with Crippen LogP contribution >= 0.6 is 23.2 Å². The van der Waals surface area contributed by atoms with Crippen LogP contribution in [-0.4, -0.2) is 17.7 Å². The van der Waals surface area contributed by atoms with Crippen molar-refractivity contribution in [1.82, 2.24) is 0 Å². The van der Waals surface area contributed by atoms with Crippen molar-refractivity contribution in [3.63, 3.8) is 0 Å². The monoisotopic (exact) mass is 262 g/mol. The maximum Gasteiger partial charge on any atom is 0.337 e. The van der Waals surface area contributed by atoms with Gasteiger partial charge in [-0.1, -0.05) is 36.2 Å². The van der Waals surface area contributed by atoms with Crippen LogP contribution in [0.1, 0.15) is 25.0 Å². The molecule has 0 bridgehead atoms. The largest absolute Gasteiger partial charge is 0.479 e. The first-order valence-electron chi connectivity index (χ1n) is 4.86. The lowest BCUT2D eigenvalue weighted by molar-refractivity contribution is -0.150. The number of rotatable bonds is 5. The van der Waals surface area contributed by atoms with Crippen LogP contribution in [0.2, 0.25) is 10.0 Å². The van der Waals surface area contributed by atoms with Gasteiger partial charge >= 0.3 is 5.97 Å². The average molecular weight is 263 g/mol. The van der Waals surface area contributed by atoms with Crippen LogP contribution in [0.4, 0.5) is 0 Å². The van der Waals surface area contributed by atoms with Gasteiger partial charge in [0.15, 0.2) is 6.10 Å². The number of carbonyl (C=O) groups is 1. The third-order valence-corrected chi connectivity index (χ3v) is 2.63. The van der Waals surface area contributed by atoms with E-state index in [1.807, 2.05) is 6.92 Å². The number of aliphatic carboxylic acids is 1. The first-order valence-corrected chi connectivity index (χ1v) is 5.61. The Bertz CT molecular complexity index is 359. The van der Waals surface area contributed by atoms with Gasteiger partial charge in [0.25, 0.3) is 0 Å². The van der Waals surface area contributed by atoms with E-state index in [-0.39, 0.29) is 0 Å². The number of carboxylic acid groups (broad SMARTS) is 1. The molecule has 0 heterocycles. The summed E-state index contributed by atoms with van der Waals surface area (Å²) in [6, 6.07) is 4.84. The smallest absolute Gasteiger partial charge is 0.337 e. The first kappa shape index (κ1) is 13.3. The second-order valence-electron chi connectivity index (χ2n) is 3.22. The van der Waals surface area contributed by atoms with Crippen molar-refractivity contribution in [3.05, 3.63) is 33.8 Å². The highest BCUT2D eigenvalue weighted by molar-refractivity contribution is 6.36. The lowest BCUT2D eigenvalue weighted by atomic mass is 10.1. The number of halogens is 2. The Morgan fingerprint density at radius 2 is 2.00 bits per heavy atom. The molecule has 1 aromatic rings. The van der Waals surface area contributed by atoms with Crippen LogP contribution in [0, 0.1) is 0 Å². The molecule has 0 radical (unpaired) electrons. The highest BCUT2D eigenvalue weighted by Gasteiger charge is 2.25. The van der Waals surface area contributed by atoms with Crippen LogP contribution in [0.15, 0.2) is 18.2 Å². The van der Waals surface area contributed by atoms with E-state index in [4.69, 9.17) is 33.0 Å². The molecular weight excluding hydrogens is 251 g/mol. The molecule has 1 unspecified atom stereocenters. The van der Waals surface area contributed by atoms with Crippen molar-refractivity contribution >= 4 is 29.2 Å². The summed E-state index contributed by atoms with van der Waals surface area (Å²) in [7, 11) is 0. The van der Waals surface area contributed by atoms with Gasteiger partial charge in [-0.2, -0.15) is 0 Å². The van der Waals surface area contributed by atoms with Crippen molar-refractivity contribution in [3.8, 4) is 0 Å². The molecule has 0 aliphatic rings. The molecular formula is C11H12Cl2O3. The van der Waals surface area contributed by atoms with E-state index >= 15 is 0 Å². The zero-order chi connectivity index (χ0) is 12.1. The van der Waals surface area contributed by atoms with Crippen molar-refractivity contribution in [1.29, 1.82) is 0 Å². The molecule has 0 saturated carbocycles. The number of hydrogen-bond acceptors (Lipinski definition) is 2. The molecule has 3 nitrogen and oxygen atoms in total. The number of benzene rings is 1. The molecule has 1 N–H and O–H groups in total. The molecule has 5 heteroatoms. The van der Waals surface area contributed by atoms with Gasteiger partial charge in [-0.25, -0.2) is 4.79 Å². The molecule has 0 aromatic heterocycles. The summed E-state index contributed by atoms with van der Waals surface area (Å²) in [5.74, 6) is -1.09. The molecule has 0 fully saturated rings. The fourth-order valence-corrected chi connectivity index (χ4v) is 1.87. The molecule has 16 heavy (non-hydrogen) atoms. The van der Waals surface area contributed by atoms with Crippen molar-refractivity contribution in [2.45, 2.75) is 19.4 Å². The molecule has 0 aliphatic carbocycles. The topological polar surface area (TPSA) is 46.5 Å². The van der Waals surface area contributed by atoms with E-state index in [9.17, 15) is 4.79 Å². The molecule has 0 spiro atoms. The maximum absolute atomic E-state index is 11.1. The highest BCUT2D eigenvalue weighted by atomic mass is 35.5. The van der Waals surface area contributed by atoms with Gasteiger partial charge in [0.1, 0.15) is 0 Å². The normalized spacial score (nSPS) is 12.4. The van der Waals surface area contributed by atoms with Gasteiger partial charge in [0.05, 0.1) is 0 Å². The van der Waals surface area contributed by atoms with Crippen LogP contribution in [0.5, 0.6) is 0 Å². The lowest BCUT2D eigenvalue weighted by Crippen LogP contribution is -2.16. The molecule has 1 aromatic carbocycles. The summed E-state index contributed by atoms with van der Waals surface area (Å²) in [4.78, 5) is 11.1. The fourth-order valence-electron chi connectivity index (χ4n) is 1.27. The Labute approximate surface area is 104 Å². The predicted octanol–water partition coefficient (Wildman–Crippen LogP) is 3.55. The van der Waals surface area contributed by atoms with E-state index < -0.39 is 12.1 Å². The molecule has 0 amide bonds. The zero-order valence-electron chi connectivity index (χ0n) is 8.74. The zero-order valence-corrected chi connectivity index (χ0v) is 10.3. The quantitative estimate of drug-likeness (QED) is 0.883. The second-order valence-corrected chi connectivity index (χ2v) is 4.04. The maximum atomic E-state index is 11.1. The van der Waals surface area contributed by atoms with E-state index in [0.29, 0.717) is 22.2 Å². The molecule has 88 valence electrons. The van der Waals surface area contributed by atoms with Gasteiger partial charge in [-0.05, 0) is 18.6 Å². The van der Waals surface area contributed by atoms with Crippen LogP contribution in [0.25, 0.3) is 0 Å². The summed E-state index contributed by atoms with van der Waals surface area (Å²) >= 11 is 11.8. The Morgan fingerprint density at radius 3 is 2.44 bits per heavy atom. The molecule has 0 saturated heterocycles. The Hall–Kier alpha value is -0.770.